The van der Waals surface area contributed by atoms with E-state index in [-0.39, 0.29) is 23.9 Å². The molecule has 0 aliphatic carbocycles. The van der Waals surface area contributed by atoms with Crippen LogP contribution in [-0.2, 0) is 20.0 Å². The molecule has 138 valence electrons. The molecule has 0 aromatic heterocycles. The van der Waals surface area contributed by atoms with Crippen molar-refractivity contribution in [1.82, 2.24) is 9.03 Å². The summed E-state index contributed by atoms with van der Waals surface area (Å²) in [5, 5.41) is 0. The van der Waals surface area contributed by atoms with Crippen LogP contribution in [0.1, 0.15) is 19.4 Å². The summed E-state index contributed by atoms with van der Waals surface area (Å²) in [7, 11) is -5.56. The summed E-state index contributed by atoms with van der Waals surface area (Å²) in [6.45, 7) is 6.01. The van der Waals surface area contributed by atoms with Crippen molar-refractivity contribution < 1.29 is 21.6 Å². The predicted octanol–water partition coefficient (Wildman–Crippen LogP) is 1.20. The normalized spacial score (nSPS) is 12.8. The van der Waals surface area contributed by atoms with Crippen LogP contribution >= 0.6 is 0 Å². The molecule has 0 unspecified atom stereocenters. The van der Waals surface area contributed by atoms with E-state index in [4.69, 9.17) is 4.74 Å². The minimum atomic E-state index is -3.70. The van der Waals surface area contributed by atoms with E-state index in [0.29, 0.717) is 17.9 Å². The van der Waals surface area contributed by atoms with Crippen LogP contribution in [0.5, 0.6) is 5.75 Å². The van der Waals surface area contributed by atoms with Gasteiger partial charge < -0.3 is 4.74 Å². The number of aryl methyl sites for hydroxylation is 1. The SMILES string of the molecule is COc1ccc(S(=O)(=O)NCCN(CC(C)C)S(C)(=O)=O)cc1C. The second-order valence-corrected chi connectivity index (χ2v) is 9.79. The number of rotatable bonds is 9. The average Bonchev–Trinajstić information content (AvgIpc) is 2.44. The Kier molecular flexibility index (Phi) is 7.21. The van der Waals surface area contributed by atoms with Gasteiger partial charge in [0, 0.05) is 19.6 Å². The van der Waals surface area contributed by atoms with Gasteiger partial charge in [-0.05, 0) is 36.6 Å². The molecular formula is C15H26N2O5S2. The molecule has 0 radical (unpaired) electrons. The Labute approximate surface area is 145 Å². The van der Waals surface area contributed by atoms with Crippen molar-refractivity contribution in [3.05, 3.63) is 23.8 Å². The summed E-state index contributed by atoms with van der Waals surface area (Å²) in [4.78, 5) is 0.121. The molecule has 0 bridgehead atoms. The molecule has 9 heteroatoms. The monoisotopic (exact) mass is 378 g/mol. The van der Waals surface area contributed by atoms with Gasteiger partial charge in [0.1, 0.15) is 5.75 Å². The molecule has 1 aromatic carbocycles. The van der Waals surface area contributed by atoms with Gasteiger partial charge in [-0.2, -0.15) is 0 Å². The summed E-state index contributed by atoms with van der Waals surface area (Å²) < 4.78 is 56.9. The molecule has 1 aromatic rings. The third kappa shape index (κ3) is 6.04. The molecule has 0 heterocycles. The van der Waals surface area contributed by atoms with Gasteiger partial charge in [0.25, 0.3) is 0 Å². The maximum Gasteiger partial charge on any atom is 0.240 e. The molecule has 0 aliphatic rings. The smallest absolute Gasteiger partial charge is 0.240 e. The maximum absolute atomic E-state index is 12.3. The van der Waals surface area contributed by atoms with E-state index in [1.807, 2.05) is 13.8 Å². The number of methoxy groups -OCH3 is 1. The van der Waals surface area contributed by atoms with E-state index in [9.17, 15) is 16.8 Å². The zero-order chi connectivity index (χ0) is 18.5. The third-order valence-corrected chi connectivity index (χ3v) is 6.10. The van der Waals surface area contributed by atoms with Crippen molar-refractivity contribution in [3.63, 3.8) is 0 Å². The van der Waals surface area contributed by atoms with Crippen LogP contribution < -0.4 is 9.46 Å². The summed E-state index contributed by atoms with van der Waals surface area (Å²) >= 11 is 0. The number of ether oxygens (including phenoxy) is 1. The lowest BCUT2D eigenvalue weighted by Crippen LogP contribution is -2.39. The van der Waals surface area contributed by atoms with Gasteiger partial charge in [-0.3, -0.25) is 0 Å². The average molecular weight is 379 g/mol. The first kappa shape index (κ1) is 20.9. The Morgan fingerprint density at radius 1 is 1.21 bits per heavy atom. The van der Waals surface area contributed by atoms with Crippen molar-refractivity contribution in [3.8, 4) is 5.75 Å². The van der Waals surface area contributed by atoms with Crippen molar-refractivity contribution >= 4 is 20.0 Å². The lowest BCUT2D eigenvalue weighted by atomic mass is 10.2. The van der Waals surface area contributed by atoms with Crippen LogP contribution in [-0.4, -0.2) is 54.1 Å². The summed E-state index contributed by atoms with van der Waals surface area (Å²) in [6.07, 6.45) is 1.12. The van der Waals surface area contributed by atoms with E-state index in [2.05, 4.69) is 4.72 Å². The van der Waals surface area contributed by atoms with E-state index >= 15 is 0 Å². The number of nitrogens with zero attached hydrogens (tertiary/aromatic N) is 1. The molecule has 24 heavy (non-hydrogen) atoms. The Bertz CT molecular complexity index is 758. The quantitative estimate of drug-likeness (QED) is 0.697. The first-order valence-corrected chi connectivity index (χ1v) is 10.9. The number of nitrogens with one attached hydrogen (secondary N) is 1. The molecular weight excluding hydrogens is 352 g/mol. The summed E-state index contributed by atoms with van der Waals surface area (Å²) in [6, 6.07) is 4.56. The Balaban J connectivity index is 2.79. The van der Waals surface area contributed by atoms with Crippen molar-refractivity contribution in [2.45, 2.75) is 25.7 Å². The van der Waals surface area contributed by atoms with Gasteiger partial charge in [0.15, 0.2) is 0 Å². The van der Waals surface area contributed by atoms with E-state index in [1.165, 1.54) is 23.5 Å². The minimum Gasteiger partial charge on any atom is -0.496 e. The highest BCUT2D eigenvalue weighted by molar-refractivity contribution is 7.89. The van der Waals surface area contributed by atoms with Gasteiger partial charge in [-0.15, -0.1) is 0 Å². The van der Waals surface area contributed by atoms with Crippen LogP contribution in [0.2, 0.25) is 0 Å². The number of benzene rings is 1. The Morgan fingerprint density at radius 2 is 1.83 bits per heavy atom. The fourth-order valence-corrected chi connectivity index (χ4v) is 4.30. The molecule has 0 saturated heterocycles. The summed E-state index contributed by atoms with van der Waals surface area (Å²) in [5.41, 5.74) is 0.706. The van der Waals surface area contributed by atoms with Crippen molar-refractivity contribution in [2.24, 2.45) is 5.92 Å². The van der Waals surface area contributed by atoms with Crippen LogP contribution in [0.4, 0.5) is 0 Å². The van der Waals surface area contributed by atoms with E-state index < -0.39 is 20.0 Å². The van der Waals surface area contributed by atoms with Gasteiger partial charge in [-0.25, -0.2) is 25.9 Å². The van der Waals surface area contributed by atoms with Crippen LogP contribution in [0, 0.1) is 12.8 Å². The summed E-state index contributed by atoms with van der Waals surface area (Å²) in [5.74, 6) is 0.759. The third-order valence-electron chi connectivity index (χ3n) is 3.37. The van der Waals surface area contributed by atoms with E-state index in [1.54, 1.807) is 13.0 Å². The van der Waals surface area contributed by atoms with Crippen LogP contribution in [0.15, 0.2) is 23.1 Å². The Morgan fingerprint density at radius 3 is 2.29 bits per heavy atom. The highest BCUT2D eigenvalue weighted by Crippen LogP contribution is 2.21. The highest BCUT2D eigenvalue weighted by Gasteiger charge is 2.20. The molecule has 0 aliphatic heterocycles. The van der Waals surface area contributed by atoms with Gasteiger partial charge >= 0.3 is 0 Å². The molecule has 0 fully saturated rings. The standard InChI is InChI=1S/C15H26N2O5S2/c1-12(2)11-17(23(5,18)19)9-8-16-24(20,21)14-6-7-15(22-4)13(3)10-14/h6-7,10,12,16H,8-9,11H2,1-5H3. The molecule has 7 nitrogen and oxygen atoms in total. The minimum absolute atomic E-state index is 0.00714. The zero-order valence-electron chi connectivity index (χ0n) is 14.7. The second-order valence-electron chi connectivity index (χ2n) is 6.04. The van der Waals surface area contributed by atoms with Crippen molar-refractivity contribution in [2.75, 3.05) is 33.0 Å². The van der Waals surface area contributed by atoms with Crippen LogP contribution in [0.25, 0.3) is 0 Å². The lowest BCUT2D eigenvalue weighted by molar-refractivity contribution is 0.372. The second kappa shape index (κ2) is 8.28. The van der Waals surface area contributed by atoms with E-state index in [0.717, 1.165) is 6.26 Å². The molecule has 0 atom stereocenters. The lowest BCUT2D eigenvalue weighted by Gasteiger charge is -2.22. The predicted molar refractivity (Wildman–Crippen MR) is 94.2 cm³/mol. The molecule has 1 rings (SSSR count). The largest absolute Gasteiger partial charge is 0.496 e. The highest BCUT2D eigenvalue weighted by atomic mass is 32.2. The molecule has 0 saturated carbocycles. The van der Waals surface area contributed by atoms with Gasteiger partial charge in [0.05, 0.1) is 18.3 Å². The fraction of sp³-hybridized carbons (Fsp3) is 0.600. The molecule has 0 amide bonds. The van der Waals surface area contributed by atoms with Crippen LogP contribution in [0.3, 0.4) is 0 Å². The van der Waals surface area contributed by atoms with Gasteiger partial charge in [0.2, 0.25) is 20.0 Å². The molecule has 1 N–H and O–H groups in total. The number of sulfonamides is 2. The maximum atomic E-state index is 12.3. The van der Waals surface area contributed by atoms with Crippen molar-refractivity contribution in [1.29, 1.82) is 0 Å². The molecule has 0 spiro atoms. The zero-order valence-corrected chi connectivity index (χ0v) is 16.4. The number of hydrogen-bond acceptors (Lipinski definition) is 5. The topological polar surface area (TPSA) is 92.8 Å². The Hall–Kier alpha value is -1.16. The first-order chi connectivity index (χ1) is 11.0. The first-order valence-electron chi connectivity index (χ1n) is 7.57. The fourth-order valence-electron chi connectivity index (χ4n) is 2.21. The number of hydrogen-bond donors (Lipinski definition) is 1. The van der Waals surface area contributed by atoms with Gasteiger partial charge in [-0.1, -0.05) is 13.8 Å².